The van der Waals surface area contributed by atoms with E-state index in [1.165, 1.54) is 11.1 Å². The molecule has 2 rings (SSSR count). The molecule has 3 heteroatoms. The Labute approximate surface area is 132 Å². The first kappa shape index (κ1) is 16.0. The van der Waals surface area contributed by atoms with Gasteiger partial charge < -0.3 is 5.32 Å². The number of nitrogens with one attached hydrogen (secondary N) is 1. The number of anilines is 1. The Morgan fingerprint density at radius 2 is 1.77 bits per heavy atom. The highest BCUT2D eigenvalue weighted by molar-refractivity contribution is 5.92. The number of benzene rings is 2. The van der Waals surface area contributed by atoms with Crippen LogP contribution in [0.4, 0.5) is 5.69 Å². The van der Waals surface area contributed by atoms with Crippen LogP contribution in [0.5, 0.6) is 0 Å². The molecule has 114 valence electrons. The lowest BCUT2D eigenvalue weighted by atomic mass is 10.2. The lowest BCUT2D eigenvalue weighted by Crippen LogP contribution is -2.30. The van der Waals surface area contributed by atoms with Crippen LogP contribution in [0.15, 0.2) is 60.7 Å². The zero-order valence-electron chi connectivity index (χ0n) is 13.1. The number of hydrogen-bond donors (Lipinski definition) is 1. The van der Waals surface area contributed by atoms with Crippen molar-refractivity contribution in [1.29, 1.82) is 0 Å². The molecular weight excluding hydrogens is 272 g/mol. The molecule has 0 aliphatic heterocycles. The number of likely N-dealkylation sites (N-methyl/N-ethyl adjacent to an activating group) is 1. The van der Waals surface area contributed by atoms with Crippen LogP contribution in [0.25, 0.3) is 6.08 Å². The van der Waals surface area contributed by atoms with Crippen molar-refractivity contribution in [2.24, 2.45) is 0 Å². The van der Waals surface area contributed by atoms with Crippen LogP contribution in [0, 0.1) is 6.92 Å². The van der Waals surface area contributed by atoms with Gasteiger partial charge in [0.15, 0.2) is 0 Å². The van der Waals surface area contributed by atoms with Crippen molar-refractivity contribution in [3.8, 4) is 0 Å². The van der Waals surface area contributed by atoms with E-state index in [4.69, 9.17) is 0 Å². The van der Waals surface area contributed by atoms with Gasteiger partial charge in [-0.1, -0.05) is 60.2 Å². The van der Waals surface area contributed by atoms with E-state index in [9.17, 15) is 4.79 Å². The molecular formula is C19H22N2O. The van der Waals surface area contributed by atoms with Crippen LogP contribution in [0.1, 0.15) is 11.1 Å². The van der Waals surface area contributed by atoms with E-state index < -0.39 is 0 Å². The number of aryl methyl sites for hydroxylation is 1. The first-order valence-corrected chi connectivity index (χ1v) is 7.40. The van der Waals surface area contributed by atoms with Crippen molar-refractivity contribution < 1.29 is 4.79 Å². The Morgan fingerprint density at radius 1 is 1.09 bits per heavy atom. The molecule has 2 aromatic rings. The average Bonchev–Trinajstić information content (AvgIpc) is 2.50. The largest absolute Gasteiger partial charge is 0.325 e. The molecule has 0 heterocycles. The predicted molar refractivity (Wildman–Crippen MR) is 92.8 cm³/mol. The first-order valence-electron chi connectivity index (χ1n) is 7.40. The minimum Gasteiger partial charge on any atom is -0.325 e. The number of rotatable bonds is 6. The molecule has 3 nitrogen and oxygen atoms in total. The van der Waals surface area contributed by atoms with Crippen LogP contribution in [0.3, 0.4) is 0 Å². The van der Waals surface area contributed by atoms with E-state index >= 15 is 0 Å². The van der Waals surface area contributed by atoms with Crippen molar-refractivity contribution in [3.05, 3.63) is 71.8 Å². The molecule has 0 radical (unpaired) electrons. The second-order valence-corrected chi connectivity index (χ2v) is 5.42. The van der Waals surface area contributed by atoms with Crippen molar-refractivity contribution in [1.82, 2.24) is 4.90 Å². The standard InChI is InChI=1S/C19H22N2O/c1-16-10-12-18(13-11-16)20-19(22)15-21(2)14-6-9-17-7-4-3-5-8-17/h3-13H,14-15H2,1-2H3,(H,20,22)/b9-6+. The van der Waals surface area contributed by atoms with Gasteiger partial charge in [0.1, 0.15) is 0 Å². The normalized spacial score (nSPS) is 11.0. The third-order valence-electron chi connectivity index (χ3n) is 3.28. The molecule has 0 saturated carbocycles. The second kappa shape index (κ2) is 8.15. The zero-order chi connectivity index (χ0) is 15.8. The van der Waals surface area contributed by atoms with Gasteiger partial charge >= 0.3 is 0 Å². The summed E-state index contributed by atoms with van der Waals surface area (Å²) in [6.45, 7) is 3.13. The lowest BCUT2D eigenvalue weighted by Gasteiger charge is -2.14. The van der Waals surface area contributed by atoms with E-state index in [0.29, 0.717) is 6.54 Å². The Hall–Kier alpha value is -2.39. The van der Waals surface area contributed by atoms with Crippen molar-refractivity contribution in [2.45, 2.75) is 6.92 Å². The van der Waals surface area contributed by atoms with Crippen molar-refractivity contribution in [2.75, 3.05) is 25.5 Å². The highest BCUT2D eigenvalue weighted by atomic mass is 16.2. The third-order valence-corrected chi connectivity index (χ3v) is 3.28. The fourth-order valence-corrected chi connectivity index (χ4v) is 2.08. The number of nitrogens with zero attached hydrogens (tertiary/aromatic N) is 1. The van der Waals surface area contributed by atoms with Crippen LogP contribution in [-0.4, -0.2) is 30.9 Å². The molecule has 0 unspecified atom stereocenters. The fraction of sp³-hybridized carbons (Fsp3) is 0.211. The number of hydrogen-bond acceptors (Lipinski definition) is 2. The summed E-state index contributed by atoms with van der Waals surface area (Å²) in [5, 5.41) is 2.90. The number of carbonyl (C=O) groups excluding carboxylic acids is 1. The molecule has 0 saturated heterocycles. The molecule has 22 heavy (non-hydrogen) atoms. The van der Waals surface area contributed by atoms with Gasteiger partial charge in [0.25, 0.3) is 0 Å². The van der Waals surface area contributed by atoms with E-state index in [1.807, 2.05) is 61.3 Å². The van der Waals surface area contributed by atoms with Crippen molar-refractivity contribution >= 4 is 17.7 Å². The summed E-state index contributed by atoms with van der Waals surface area (Å²) in [6.07, 6.45) is 4.13. The quantitative estimate of drug-likeness (QED) is 0.883. The number of carbonyl (C=O) groups is 1. The Bertz CT molecular complexity index is 618. The van der Waals surface area contributed by atoms with Crippen LogP contribution in [0.2, 0.25) is 0 Å². The minimum atomic E-state index is -0.000496. The van der Waals surface area contributed by atoms with Gasteiger partial charge in [0.2, 0.25) is 5.91 Å². The van der Waals surface area contributed by atoms with E-state index in [-0.39, 0.29) is 5.91 Å². The summed E-state index contributed by atoms with van der Waals surface area (Å²) < 4.78 is 0. The third kappa shape index (κ3) is 5.54. The predicted octanol–water partition coefficient (Wildman–Crippen LogP) is 3.58. The van der Waals surface area contributed by atoms with Gasteiger partial charge in [-0.2, -0.15) is 0 Å². The SMILES string of the molecule is Cc1ccc(NC(=O)CN(C)C/C=C/c2ccccc2)cc1. The molecule has 0 spiro atoms. The van der Waals surface area contributed by atoms with Crippen molar-refractivity contribution in [3.63, 3.8) is 0 Å². The average molecular weight is 294 g/mol. The first-order chi connectivity index (χ1) is 10.6. The van der Waals surface area contributed by atoms with Gasteiger partial charge in [-0.15, -0.1) is 0 Å². The molecule has 0 fully saturated rings. The molecule has 0 aliphatic carbocycles. The van der Waals surface area contributed by atoms with Gasteiger partial charge in [0.05, 0.1) is 6.54 Å². The Balaban J connectivity index is 1.76. The van der Waals surface area contributed by atoms with Gasteiger partial charge in [-0.25, -0.2) is 0 Å². The highest BCUT2D eigenvalue weighted by Crippen LogP contribution is 2.08. The molecule has 2 aromatic carbocycles. The van der Waals surface area contributed by atoms with Crippen LogP contribution in [-0.2, 0) is 4.79 Å². The molecule has 1 N–H and O–H groups in total. The second-order valence-electron chi connectivity index (χ2n) is 5.42. The van der Waals surface area contributed by atoms with Gasteiger partial charge in [-0.05, 0) is 31.7 Å². The highest BCUT2D eigenvalue weighted by Gasteiger charge is 2.05. The van der Waals surface area contributed by atoms with E-state index in [2.05, 4.69) is 29.6 Å². The van der Waals surface area contributed by atoms with Gasteiger partial charge in [-0.3, -0.25) is 9.69 Å². The molecule has 1 amide bonds. The van der Waals surface area contributed by atoms with E-state index in [1.54, 1.807) is 0 Å². The fourth-order valence-electron chi connectivity index (χ4n) is 2.08. The molecule has 0 aliphatic rings. The summed E-state index contributed by atoms with van der Waals surface area (Å²) >= 11 is 0. The van der Waals surface area contributed by atoms with Crippen LogP contribution >= 0.6 is 0 Å². The Morgan fingerprint density at radius 3 is 2.45 bits per heavy atom. The summed E-state index contributed by atoms with van der Waals surface area (Å²) in [6, 6.07) is 18.0. The zero-order valence-corrected chi connectivity index (χ0v) is 13.1. The maximum absolute atomic E-state index is 12.0. The lowest BCUT2D eigenvalue weighted by molar-refractivity contribution is -0.116. The topological polar surface area (TPSA) is 32.3 Å². The molecule has 0 atom stereocenters. The smallest absolute Gasteiger partial charge is 0.238 e. The van der Waals surface area contributed by atoms with E-state index in [0.717, 1.165) is 12.2 Å². The maximum Gasteiger partial charge on any atom is 0.238 e. The summed E-state index contributed by atoms with van der Waals surface area (Å²) in [4.78, 5) is 13.9. The summed E-state index contributed by atoms with van der Waals surface area (Å²) in [5.74, 6) is -0.000496. The molecule has 0 bridgehead atoms. The van der Waals surface area contributed by atoms with Gasteiger partial charge in [0, 0.05) is 12.2 Å². The minimum absolute atomic E-state index is 0.000496. The monoisotopic (exact) mass is 294 g/mol. The number of amides is 1. The summed E-state index contributed by atoms with van der Waals surface area (Å²) in [7, 11) is 1.93. The van der Waals surface area contributed by atoms with Crippen LogP contribution < -0.4 is 5.32 Å². The molecule has 0 aromatic heterocycles. The Kier molecular flexibility index (Phi) is 5.92. The maximum atomic E-state index is 12.0. The summed E-state index contributed by atoms with van der Waals surface area (Å²) in [5.41, 5.74) is 3.19.